The van der Waals surface area contributed by atoms with Crippen LogP contribution < -0.4 is 10.6 Å². The Labute approximate surface area is 152 Å². The van der Waals surface area contributed by atoms with Gasteiger partial charge in [0.2, 0.25) is 11.8 Å². The van der Waals surface area contributed by atoms with Gasteiger partial charge in [0.1, 0.15) is 5.82 Å². The number of carbonyl (C=O) groups excluding carboxylic acids is 2. The van der Waals surface area contributed by atoms with Crippen LogP contribution in [-0.4, -0.2) is 11.8 Å². The molecule has 0 unspecified atom stereocenters. The molecule has 4 nitrogen and oxygen atoms in total. The molecule has 0 aromatic heterocycles. The molecule has 0 saturated heterocycles. The van der Waals surface area contributed by atoms with Gasteiger partial charge in [0, 0.05) is 23.2 Å². The number of amides is 2. The predicted octanol–water partition coefficient (Wildman–Crippen LogP) is 4.52. The first-order valence-electron chi connectivity index (χ1n) is 8.95. The summed E-state index contributed by atoms with van der Waals surface area (Å²) in [5, 5.41) is 5.72. The van der Waals surface area contributed by atoms with Gasteiger partial charge in [-0.25, -0.2) is 4.39 Å². The number of hydrogen-bond donors (Lipinski definition) is 2. The molecule has 3 rings (SSSR count). The monoisotopic (exact) mass is 354 g/mol. The molecule has 2 N–H and O–H groups in total. The maximum atomic E-state index is 13.2. The zero-order valence-electron chi connectivity index (χ0n) is 14.8. The van der Waals surface area contributed by atoms with Crippen molar-refractivity contribution in [1.29, 1.82) is 0 Å². The summed E-state index contributed by atoms with van der Waals surface area (Å²) in [5.74, 6) is -0.679. The van der Waals surface area contributed by atoms with Crippen LogP contribution in [-0.2, 0) is 9.59 Å². The Bertz CT molecular complexity index is 731. The Kier molecular flexibility index (Phi) is 5.66. The van der Waals surface area contributed by atoms with Crippen molar-refractivity contribution in [2.24, 2.45) is 11.8 Å². The number of benzene rings is 2. The summed E-state index contributed by atoms with van der Waals surface area (Å²) >= 11 is 0. The smallest absolute Gasteiger partial charge is 0.227 e. The molecule has 1 fully saturated rings. The van der Waals surface area contributed by atoms with Gasteiger partial charge in [0.05, 0.1) is 0 Å². The van der Waals surface area contributed by atoms with Crippen LogP contribution in [0.3, 0.4) is 0 Å². The van der Waals surface area contributed by atoms with Crippen molar-refractivity contribution in [3.63, 3.8) is 0 Å². The minimum atomic E-state index is -0.376. The molecular weight excluding hydrogens is 331 g/mol. The van der Waals surface area contributed by atoms with Gasteiger partial charge in [-0.15, -0.1) is 0 Å². The van der Waals surface area contributed by atoms with Crippen LogP contribution in [0.25, 0.3) is 0 Å². The van der Waals surface area contributed by atoms with Crippen LogP contribution in [0.2, 0.25) is 0 Å². The molecule has 0 bridgehead atoms. The summed E-state index contributed by atoms with van der Waals surface area (Å²) in [7, 11) is 0. The first-order chi connectivity index (χ1) is 12.5. The zero-order chi connectivity index (χ0) is 18.5. The molecule has 0 aliphatic heterocycles. The fourth-order valence-corrected chi connectivity index (χ4v) is 3.40. The number of halogens is 1. The van der Waals surface area contributed by atoms with Crippen molar-refractivity contribution in [1.82, 2.24) is 0 Å². The predicted molar refractivity (Wildman–Crippen MR) is 100 cm³/mol. The molecule has 2 aromatic carbocycles. The largest absolute Gasteiger partial charge is 0.326 e. The number of aryl methyl sites for hydroxylation is 1. The lowest BCUT2D eigenvalue weighted by atomic mass is 9.81. The van der Waals surface area contributed by atoms with E-state index in [9.17, 15) is 14.0 Å². The Morgan fingerprint density at radius 1 is 0.846 bits per heavy atom. The highest BCUT2D eigenvalue weighted by Gasteiger charge is 2.30. The molecule has 0 spiro atoms. The number of rotatable bonds is 4. The molecule has 1 saturated carbocycles. The molecule has 1 aliphatic carbocycles. The van der Waals surface area contributed by atoms with Crippen LogP contribution in [0, 0.1) is 24.6 Å². The molecule has 5 heteroatoms. The van der Waals surface area contributed by atoms with Crippen LogP contribution in [0.5, 0.6) is 0 Å². The van der Waals surface area contributed by atoms with E-state index in [-0.39, 0.29) is 29.5 Å². The maximum absolute atomic E-state index is 13.2. The average molecular weight is 354 g/mol. The third kappa shape index (κ3) is 4.69. The lowest BCUT2D eigenvalue weighted by molar-refractivity contribution is -0.125. The van der Waals surface area contributed by atoms with Crippen LogP contribution in [0.4, 0.5) is 15.8 Å². The number of hydrogen-bond acceptors (Lipinski definition) is 2. The number of anilines is 2. The van der Waals surface area contributed by atoms with E-state index >= 15 is 0 Å². The summed E-state index contributed by atoms with van der Waals surface area (Å²) in [6.07, 6.45) is 2.68. The van der Waals surface area contributed by atoms with E-state index in [2.05, 4.69) is 10.6 Å². The van der Waals surface area contributed by atoms with E-state index in [0.29, 0.717) is 31.4 Å². The highest BCUT2D eigenvalue weighted by molar-refractivity contribution is 5.94. The van der Waals surface area contributed by atoms with Gasteiger partial charge in [-0.2, -0.15) is 0 Å². The van der Waals surface area contributed by atoms with Gasteiger partial charge in [-0.3, -0.25) is 9.59 Å². The summed E-state index contributed by atoms with van der Waals surface area (Å²) < 4.78 is 13.2. The standard InChI is InChI=1S/C21H23FN2O2/c1-14-4-2-6-18(12-14)23-20(25)15-8-10-16(11-9-15)21(26)24-19-7-3-5-17(22)13-19/h2-7,12-13,15-16H,8-11H2,1H3,(H,23,25)(H,24,26). The molecule has 0 atom stereocenters. The van der Waals surface area contributed by atoms with E-state index in [0.717, 1.165) is 11.3 Å². The van der Waals surface area contributed by atoms with Crippen molar-refractivity contribution in [3.8, 4) is 0 Å². The fourth-order valence-electron chi connectivity index (χ4n) is 3.40. The average Bonchev–Trinajstić information content (AvgIpc) is 2.62. The highest BCUT2D eigenvalue weighted by atomic mass is 19.1. The van der Waals surface area contributed by atoms with Crippen LogP contribution >= 0.6 is 0 Å². The van der Waals surface area contributed by atoms with Gasteiger partial charge in [0.25, 0.3) is 0 Å². The molecule has 2 aromatic rings. The molecular formula is C21H23FN2O2. The lowest BCUT2D eigenvalue weighted by Gasteiger charge is -2.27. The van der Waals surface area contributed by atoms with Crippen molar-refractivity contribution < 1.29 is 14.0 Å². The Balaban J connectivity index is 1.50. The summed E-state index contributed by atoms with van der Waals surface area (Å²) in [6.45, 7) is 1.98. The van der Waals surface area contributed by atoms with Crippen molar-refractivity contribution in [2.45, 2.75) is 32.6 Å². The highest BCUT2D eigenvalue weighted by Crippen LogP contribution is 2.30. The Hall–Kier alpha value is -2.69. The van der Waals surface area contributed by atoms with Crippen molar-refractivity contribution >= 4 is 23.2 Å². The summed E-state index contributed by atoms with van der Waals surface area (Å²) in [4.78, 5) is 24.8. The third-order valence-corrected chi connectivity index (χ3v) is 4.85. The van der Waals surface area contributed by atoms with Gasteiger partial charge in [-0.1, -0.05) is 18.2 Å². The first-order valence-corrected chi connectivity index (χ1v) is 8.95. The van der Waals surface area contributed by atoms with Crippen molar-refractivity contribution in [3.05, 3.63) is 59.9 Å². The maximum Gasteiger partial charge on any atom is 0.227 e. The number of nitrogens with one attached hydrogen (secondary N) is 2. The summed E-state index contributed by atoms with van der Waals surface area (Å²) in [6, 6.07) is 13.6. The topological polar surface area (TPSA) is 58.2 Å². The Morgan fingerprint density at radius 2 is 1.35 bits per heavy atom. The van der Waals surface area contributed by atoms with Crippen LogP contribution in [0.15, 0.2) is 48.5 Å². The normalized spacial score (nSPS) is 19.6. The van der Waals surface area contributed by atoms with Gasteiger partial charge < -0.3 is 10.6 Å². The molecule has 0 heterocycles. The SMILES string of the molecule is Cc1cccc(NC(=O)C2CCC(C(=O)Nc3cccc(F)c3)CC2)c1. The molecule has 136 valence electrons. The second kappa shape index (κ2) is 8.13. The second-order valence-corrected chi connectivity index (χ2v) is 6.91. The second-order valence-electron chi connectivity index (χ2n) is 6.91. The van der Waals surface area contributed by atoms with Crippen LogP contribution in [0.1, 0.15) is 31.2 Å². The van der Waals surface area contributed by atoms with Crippen molar-refractivity contribution in [2.75, 3.05) is 10.6 Å². The molecule has 2 amide bonds. The van der Waals surface area contributed by atoms with Gasteiger partial charge in [0.15, 0.2) is 0 Å². The van der Waals surface area contributed by atoms with E-state index < -0.39 is 0 Å². The number of carbonyl (C=O) groups is 2. The van der Waals surface area contributed by atoms with Gasteiger partial charge >= 0.3 is 0 Å². The third-order valence-electron chi connectivity index (χ3n) is 4.85. The molecule has 26 heavy (non-hydrogen) atoms. The minimum absolute atomic E-state index is 0.0135. The Morgan fingerprint density at radius 3 is 1.85 bits per heavy atom. The lowest BCUT2D eigenvalue weighted by Crippen LogP contribution is -2.32. The summed E-state index contributed by atoms with van der Waals surface area (Å²) in [5.41, 5.74) is 2.37. The minimum Gasteiger partial charge on any atom is -0.326 e. The van der Waals surface area contributed by atoms with E-state index in [4.69, 9.17) is 0 Å². The van der Waals surface area contributed by atoms with E-state index in [1.54, 1.807) is 12.1 Å². The molecule has 1 aliphatic rings. The first kappa shape index (κ1) is 18.1. The fraction of sp³-hybridized carbons (Fsp3) is 0.333. The van der Waals surface area contributed by atoms with E-state index in [1.165, 1.54) is 12.1 Å². The quantitative estimate of drug-likeness (QED) is 0.848. The zero-order valence-corrected chi connectivity index (χ0v) is 14.8. The van der Waals surface area contributed by atoms with Gasteiger partial charge in [-0.05, 0) is 68.5 Å². The molecule has 0 radical (unpaired) electrons. The van der Waals surface area contributed by atoms with E-state index in [1.807, 2.05) is 31.2 Å².